The first-order valence-electron chi connectivity index (χ1n) is 7.93. The molecule has 0 atom stereocenters. The van der Waals surface area contributed by atoms with Crippen molar-refractivity contribution in [1.82, 2.24) is 25.1 Å². The van der Waals surface area contributed by atoms with E-state index < -0.39 is 17.3 Å². The lowest BCUT2D eigenvalue weighted by atomic mass is 10.1. The van der Waals surface area contributed by atoms with Crippen molar-refractivity contribution < 1.29 is 9.18 Å². The van der Waals surface area contributed by atoms with Crippen molar-refractivity contribution in [3.63, 3.8) is 0 Å². The summed E-state index contributed by atoms with van der Waals surface area (Å²) in [5.41, 5.74) is 2.16. The van der Waals surface area contributed by atoms with Crippen LogP contribution in [0.4, 0.5) is 4.39 Å². The van der Waals surface area contributed by atoms with Gasteiger partial charge in [-0.1, -0.05) is 35.0 Å². The van der Waals surface area contributed by atoms with Gasteiger partial charge in [-0.05, 0) is 30.7 Å². The van der Waals surface area contributed by atoms with Crippen LogP contribution in [0.15, 0.2) is 47.3 Å². The zero-order valence-electron chi connectivity index (χ0n) is 13.8. The van der Waals surface area contributed by atoms with Crippen LogP contribution < -0.4 is 10.9 Å². The van der Waals surface area contributed by atoms with E-state index in [1.807, 2.05) is 31.2 Å². The number of halogens is 1. The Labute approximate surface area is 146 Å². The van der Waals surface area contributed by atoms with Gasteiger partial charge in [-0.2, -0.15) is 0 Å². The summed E-state index contributed by atoms with van der Waals surface area (Å²) in [4.78, 5) is 27.4. The lowest BCUT2D eigenvalue weighted by Crippen LogP contribution is -2.25. The maximum atomic E-state index is 13.4. The number of amides is 1. The van der Waals surface area contributed by atoms with Gasteiger partial charge < -0.3 is 10.3 Å². The smallest absolute Gasteiger partial charge is 0.277 e. The third-order valence-electron chi connectivity index (χ3n) is 4.11. The quantitative estimate of drug-likeness (QED) is 0.590. The molecule has 130 valence electrons. The summed E-state index contributed by atoms with van der Waals surface area (Å²) in [7, 11) is 0. The van der Waals surface area contributed by atoms with Gasteiger partial charge in [0.05, 0.1) is 11.0 Å². The first kappa shape index (κ1) is 15.9. The Balaban J connectivity index is 1.70. The maximum absolute atomic E-state index is 13.4. The van der Waals surface area contributed by atoms with Crippen LogP contribution in [0.25, 0.3) is 16.6 Å². The molecule has 2 aromatic heterocycles. The van der Waals surface area contributed by atoms with Crippen molar-refractivity contribution in [2.75, 3.05) is 0 Å². The fourth-order valence-electron chi connectivity index (χ4n) is 2.75. The minimum absolute atomic E-state index is 0.0190. The minimum atomic E-state index is -0.561. The normalized spacial score (nSPS) is 11.2. The molecule has 7 nitrogen and oxygen atoms in total. The highest BCUT2D eigenvalue weighted by molar-refractivity contribution is 5.99. The predicted molar refractivity (Wildman–Crippen MR) is 93.4 cm³/mol. The average Bonchev–Trinajstić information content (AvgIpc) is 3.07. The van der Waals surface area contributed by atoms with Gasteiger partial charge in [0.1, 0.15) is 5.82 Å². The zero-order chi connectivity index (χ0) is 18.3. The Morgan fingerprint density at radius 3 is 2.77 bits per heavy atom. The molecule has 0 aliphatic rings. The number of aromatic amines is 1. The van der Waals surface area contributed by atoms with Crippen LogP contribution >= 0.6 is 0 Å². The van der Waals surface area contributed by atoms with Crippen molar-refractivity contribution in [3.8, 4) is 0 Å². The van der Waals surface area contributed by atoms with Crippen molar-refractivity contribution in [3.05, 3.63) is 75.5 Å². The third-order valence-corrected chi connectivity index (χ3v) is 4.11. The van der Waals surface area contributed by atoms with Gasteiger partial charge in [0, 0.05) is 6.54 Å². The second-order valence-corrected chi connectivity index (χ2v) is 5.98. The summed E-state index contributed by atoms with van der Waals surface area (Å²) < 4.78 is 14.6. The van der Waals surface area contributed by atoms with Crippen molar-refractivity contribution in [1.29, 1.82) is 0 Å². The third kappa shape index (κ3) is 2.71. The monoisotopic (exact) mass is 351 g/mol. The molecule has 0 radical (unpaired) electrons. The van der Waals surface area contributed by atoms with E-state index in [-0.39, 0.29) is 16.7 Å². The number of carbonyl (C=O) groups is 1. The fourth-order valence-corrected chi connectivity index (χ4v) is 2.75. The number of carbonyl (C=O) groups excluding carboxylic acids is 1. The molecule has 0 fully saturated rings. The molecule has 2 aromatic carbocycles. The number of hydrogen-bond acceptors (Lipinski definition) is 4. The largest absolute Gasteiger partial charge is 0.346 e. The highest BCUT2D eigenvalue weighted by atomic mass is 19.1. The van der Waals surface area contributed by atoms with Crippen LogP contribution in [0.5, 0.6) is 0 Å². The molecule has 2 heterocycles. The molecular formula is C18H14FN5O2. The van der Waals surface area contributed by atoms with Gasteiger partial charge >= 0.3 is 0 Å². The van der Waals surface area contributed by atoms with Gasteiger partial charge in [-0.3, -0.25) is 9.59 Å². The summed E-state index contributed by atoms with van der Waals surface area (Å²) in [6, 6.07) is 11.6. The molecule has 0 bridgehead atoms. The topological polar surface area (TPSA) is 92.2 Å². The first-order chi connectivity index (χ1) is 12.5. The Kier molecular flexibility index (Phi) is 3.72. The molecule has 4 aromatic rings. The lowest BCUT2D eigenvalue weighted by Gasteiger charge is -2.04. The number of H-pyrrole nitrogens is 1. The van der Waals surface area contributed by atoms with Crippen LogP contribution in [-0.4, -0.2) is 25.7 Å². The number of aryl methyl sites for hydroxylation is 1. The van der Waals surface area contributed by atoms with Gasteiger partial charge in [0.15, 0.2) is 11.2 Å². The summed E-state index contributed by atoms with van der Waals surface area (Å²) in [6.45, 7) is 2.28. The van der Waals surface area contributed by atoms with E-state index in [0.29, 0.717) is 12.1 Å². The molecule has 0 saturated carbocycles. The Morgan fingerprint density at radius 2 is 2.00 bits per heavy atom. The van der Waals surface area contributed by atoms with Crippen LogP contribution in [0.3, 0.4) is 0 Å². The van der Waals surface area contributed by atoms with Crippen LogP contribution in [-0.2, 0) is 6.54 Å². The minimum Gasteiger partial charge on any atom is -0.346 e. The van der Waals surface area contributed by atoms with E-state index in [0.717, 1.165) is 11.1 Å². The van der Waals surface area contributed by atoms with Gasteiger partial charge in [0.2, 0.25) is 0 Å². The molecule has 0 saturated heterocycles. The summed E-state index contributed by atoms with van der Waals surface area (Å²) >= 11 is 0. The van der Waals surface area contributed by atoms with Crippen molar-refractivity contribution >= 4 is 22.5 Å². The van der Waals surface area contributed by atoms with Gasteiger partial charge in [-0.25, -0.2) is 8.91 Å². The standard InChI is InChI=1S/C18H14FN5O2/c1-10-2-4-11(5-3-10)9-20-17(25)15-16-18(26)21-13-8-12(19)6-7-14(13)24(16)23-22-15/h2-8H,9H2,1H3,(H,20,25)(H,21,26). The van der Waals surface area contributed by atoms with Crippen LogP contribution in [0.2, 0.25) is 0 Å². The van der Waals surface area contributed by atoms with Crippen LogP contribution in [0.1, 0.15) is 21.6 Å². The number of aromatic nitrogens is 4. The highest BCUT2D eigenvalue weighted by Crippen LogP contribution is 2.14. The summed E-state index contributed by atoms with van der Waals surface area (Å²) in [5.74, 6) is -0.990. The molecule has 0 spiro atoms. The molecule has 26 heavy (non-hydrogen) atoms. The number of rotatable bonds is 3. The molecule has 2 N–H and O–H groups in total. The number of nitrogens with one attached hydrogen (secondary N) is 2. The number of hydrogen-bond donors (Lipinski definition) is 2. The summed E-state index contributed by atoms with van der Waals surface area (Å²) in [6.07, 6.45) is 0. The number of nitrogens with zero attached hydrogens (tertiary/aromatic N) is 3. The van der Waals surface area contributed by atoms with Crippen molar-refractivity contribution in [2.45, 2.75) is 13.5 Å². The maximum Gasteiger partial charge on any atom is 0.277 e. The molecule has 0 aliphatic heterocycles. The molecule has 0 unspecified atom stereocenters. The molecule has 1 amide bonds. The van der Waals surface area contributed by atoms with E-state index in [9.17, 15) is 14.0 Å². The van der Waals surface area contributed by atoms with Gasteiger partial charge in [-0.15, -0.1) is 5.10 Å². The summed E-state index contributed by atoms with van der Waals surface area (Å²) in [5, 5.41) is 10.5. The van der Waals surface area contributed by atoms with E-state index in [2.05, 4.69) is 20.6 Å². The van der Waals surface area contributed by atoms with Gasteiger partial charge in [0.25, 0.3) is 11.5 Å². The number of fused-ring (bicyclic) bond motifs is 3. The molecular weight excluding hydrogens is 337 g/mol. The van der Waals surface area contributed by atoms with Crippen LogP contribution in [0, 0.1) is 12.7 Å². The lowest BCUT2D eigenvalue weighted by molar-refractivity contribution is 0.0947. The molecule has 0 aliphatic carbocycles. The highest BCUT2D eigenvalue weighted by Gasteiger charge is 2.19. The van der Waals surface area contributed by atoms with E-state index in [1.54, 1.807) is 0 Å². The Hall–Kier alpha value is -3.55. The molecule has 8 heteroatoms. The SMILES string of the molecule is Cc1ccc(CNC(=O)c2nnn3c2c(=O)[nH]c2cc(F)ccc23)cc1. The Morgan fingerprint density at radius 1 is 1.23 bits per heavy atom. The Bertz CT molecular complexity index is 1190. The first-order valence-corrected chi connectivity index (χ1v) is 7.93. The predicted octanol–water partition coefficient (Wildman–Crippen LogP) is 1.95. The van der Waals surface area contributed by atoms with E-state index in [4.69, 9.17) is 0 Å². The zero-order valence-corrected chi connectivity index (χ0v) is 13.8. The average molecular weight is 351 g/mol. The van der Waals surface area contributed by atoms with Crippen molar-refractivity contribution in [2.24, 2.45) is 0 Å². The molecule has 4 rings (SSSR count). The fraction of sp³-hybridized carbons (Fsp3) is 0.111. The second kappa shape index (κ2) is 6.07. The van der Waals surface area contributed by atoms with E-state index in [1.165, 1.54) is 22.7 Å². The number of benzene rings is 2. The van der Waals surface area contributed by atoms with E-state index >= 15 is 0 Å². The second-order valence-electron chi connectivity index (χ2n) is 5.98.